The van der Waals surface area contributed by atoms with Crippen molar-refractivity contribution in [3.63, 3.8) is 0 Å². The van der Waals surface area contributed by atoms with Gasteiger partial charge in [0.1, 0.15) is 0 Å². The third kappa shape index (κ3) is 0.899. The molecule has 0 saturated heterocycles. The molecule has 0 atom stereocenters. The lowest BCUT2D eigenvalue weighted by Gasteiger charge is -1.80. The van der Waals surface area contributed by atoms with Crippen molar-refractivity contribution in [3.05, 3.63) is 10.4 Å². The van der Waals surface area contributed by atoms with Gasteiger partial charge < -0.3 is 0 Å². The van der Waals surface area contributed by atoms with Crippen LogP contribution < -0.4 is 4.72 Å². The van der Waals surface area contributed by atoms with Crippen LogP contribution >= 0.6 is 23.5 Å². The fourth-order valence-electron chi connectivity index (χ4n) is 0.274. The minimum Gasteiger partial charge on any atom is -0.255 e. The molecule has 0 unspecified atom stereocenters. The largest absolute Gasteiger partial charge is 0.255 e. The SMILES string of the molecule is ClC1=CCNS1. The van der Waals surface area contributed by atoms with E-state index in [1.807, 2.05) is 6.08 Å². The minimum atomic E-state index is 0.856. The van der Waals surface area contributed by atoms with E-state index in [9.17, 15) is 0 Å². The van der Waals surface area contributed by atoms with E-state index in [-0.39, 0.29) is 0 Å². The van der Waals surface area contributed by atoms with E-state index in [0.717, 1.165) is 10.9 Å². The van der Waals surface area contributed by atoms with Crippen molar-refractivity contribution in [1.29, 1.82) is 0 Å². The molecule has 1 nitrogen and oxygen atoms in total. The summed E-state index contributed by atoms with van der Waals surface area (Å²) >= 11 is 6.95. The summed E-state index contributed by atoms with van der Waals surface area (Å²) in [5.74, 6) is 0. The summed E-state index contributed by atoms with van der Waals surface area (Å²) in [6.07, 6.45) is 1.94. The molecule has 1 heterocycles. The maximum Gasteiger partial charge on any atom is 0.0860 e. The summed E-state index contributed by atoms with van der Waals surface area (Å²) in [6, 6.07) is 0. The van der Waals surface area contributed by atoms with E-state index in [4.69, 9.17) is 11.6 Å². The summed E-state index contributed by atoms with van der Waals surface area (Å²) in [7, 11) is 0. The molecule has 0 aromatic carbocycles. The molecule has 0 fully saturated rings. The molecular weight excluding hydrogens is 118 g/mol. The highest BCUT2D eigenvalue weighted by Crippen LogP contribution is 2.19. The van der Waals surface area contributed by atoms with Gasteiger partial charge in [-0.15, -0.1) is 0 Å². The number of hydrogen-bond acceptors (Lipinski definition) is 2. The standard InChI is InChI=1S/C3H4ClNS/c4-3-1-2-5-6-3/h1,5H,2H2. The maximum absolute atomic E-state index is 5.47. The smallest absolute Gasteiger partial charge is 0.0860 e. The van der Waals surface area contributed by atoms with Gasteiger partial charge in [0.2, 0.25) is 0 Å². The second-order valence-electron chi connectivity index (χ2n) is 0.959. The predicted octanol–water partition coefficient (Wildman–Crippen LogP) is 1.32. The van der Waals surface area contributed by atoms with Gasteiger partial charge in [0.05, 0.1) is 4.36 Å². The summed E-state index contributed by atoms with van der Waals surface area (Å²) in [5.41, 5.74) is 0. The molecule has 0 aromatic heterocycles. The minimum absolute atomic E-state index is 0.856. The number of halogens is 1. The molecule has 0 aromatic rings. The summed E-state index contributed by atoms with van der Waals surface area (Å²) in [4.78, 5) is 0. The number of nitrogens with one attached hydrogen (secondary N) is 1. The summed E-state index contributed by atoms with van der Waals surface area (Å²) in [6.45, 7) is 0.906. The first-order chi connectivity index (χ1) is 2.89. The predicted molar refractivity (Wildman–Crippen MR) is 29.5 cm³/mol. The lowest BCUT2D eigenvalue weighted by atomic mass is 10.7. The molecule has 0 saturated carbocycles. The normalized spacial score (nSPS) is 21.2. The topological polar surface area (TPSA) is 12.0 Å². The Morgan fingerprint density at radius 2 is 2.83 bits per heavy atom. The van der Waals surface area contributed by atoms with E-state index < -0.39 is 0 Å². The quantitative estimate of drug-likeness (QED) is 0.485. The zero-order chi connectivity index (χ0) is 4.41. The molecule has 3 heteroatoms. The zero-order valence-corrected chi connectivity index (χ0v) is 4.64. The lowest BCUT2D eigenvalue weighted by molar-refractivity contribution is 1.16. The third-order valence-corrected chi connectivity index (χ3v) is 1.57. The van der Waals surface area contributed by atoms with Crippen LogP contribution in [0.4, 0.5) is 0 Å². The molecule has 0 amide bonds. The Labute approximate surface area is 45.9 Å². The van der Waals surface area contributed by atoms with Gasteiger partial charge in [-0.25, -0.2) is 0 Å². The Balaban J connectivity index is 2.45. The van der Waals surface area contributed by atoms with Gasteiger partial charge in [0.15, 0.2) is 0 Å². The van der Waals surface area contributed by atoms with Crippen LogP contribution in [0.15, 0.2) is 10.4 Å². The first-order valence-electron chi connectivity index (χ1n) is 1.65. The van der Waals surface area contributed by atoms with Gasteiger partial charge in [-0.1, -0.05) is 11.6 Å². The molecule has 0 aliphatic carbocycles. The second kappa shape index (κ2) is 1.87. The average molecular weight is 122 g/mol. The van der Waals surface area contributed by atoms with Gasteiger partial charge in [-0.2, -0.15) is 0 Å². The van der Waals surface area contributed by atoms with Crippen molar-refractivity contribution in [3.8, 4) is 0 Å². The van der Waals surface area contributed by atoms with Gasteiger partial charge in [0, 0.05) is 6.54 Å². The van der Waals surface area contributed by atoms with Crippen molar-refractivity contribution in [2.75, 3.05) is 6.54 Å². The molecule has 0 spiro atoms. The van der Waals surface area contributed by atoms with Crippen LogP contribution in [-0.4, -0.2) is 6.54 Å². The van der Waals surface area contributed by atoms with Crippen LogP contribution in [0.3, 0.4) is 0 Å². The molecule has 0 radical (unpaired) electrons. The van der Waals surface area contributed by atoms with Crippen LogP contribution in [-0.2, 0) is 0 Å². The molecule has 1 N–H and O–H groups in total. The van der Waals surface area contributed by atoms with Gasteiger partial charge in [-0.3, -0.25) is 4.72 Å². The monoisotopic (exact) mass is 121 g/mol. The van der Waals surface area contributed by atoms with Crippen LogP contribution in [0.1, 0.15) is 0 Å². The Hall–Kier alpha value is 0.340. The Morgan fingerprint density at radius 1 is 2.00 bits per heavy atom. The van der Waals surface area contributed by atoms with Gasteiger partial charge in [0.25, 0.3) is 0 Å². The fourth-order valence-corrected chi connectivity index (χ4v) is 0.986. The molecular formula is C3H4ClNS. The lowest BCUT2D eigenvalue weighted by Crippen LogP contribution is -1.92. The fraction of sp³-hybridized carbons (Fsp3) is 0.333. The molecule has 1 rings (SSSR count). The third-order valence-electron chi connectivity index (χ3n) is 0.516. The molecule has 1 aliphatic heterocycles. The van der Waals surface area contributed by atoms with Gasteiger partial charge in [-0.05, 0) is 18.0 Å². The Morgan fingerprint density at radius 3 is 3.00 bits per heavy atom. The van der Waals surface area contributed by atoms with E-state index >= 15 is 0 Å². The first-order valence-corrected chi connectivity index (χ1v) is 2.84. The Kier molecular flexibility index (Phi) is 1.40. The maximum atomic E-state index is 5.47. The van der Waals surface area contributed by atoms with Crippen molar-refractivity contribution in [1.82, 2.24) is 4.72 Å². The highest BCUT2D eigenvalue weighted by Gasteiger charge is 1.96. The highest BCUT2D eigenvalue weighted by atomic mass is 35.5. The second-order valence-corrected chi connectivity index (χ2v) is 2.52. The van der Waals surface area contributed by atoms with Crippen LogP contribution in [0.5, 0.6) is 0 Å². The van der Waals surface area contributed by atoms with E-state index in [1.165, 1.54) is 11.9 Å². The van der Waals surface area contributed by atoms with E-state index in [0.29, 0.717) is 0 Å². The molecule has 34 valence electrons. The highest BCUT2D eigenvalue weighted by molar-refractivity contribution is 8.03. The average Bonchev–Trinajstić information content (AvgIpc) is 1.86. The van der Waals surface area contributed by atoms with E-state index in [2.05, 4.69) is 4.72 Å². The van der Waals surface area contributed by atoms with E-state index in [1.54, 1.807) is 0 Å². The van der Waals surface area contributed by atoms with Crippen LogP contribution in [0.2, 0.25) is 0 Å². The number of rotatable bonds is 0. The van der Waals surface area contributed by atoms with Crippen LogP contribution in [0, 0.1) is 0 Å². The van der Waals surface area contributed by atoms with Crippen molar-refractivity contribution >= 4 is 23.5 Å². The first kappa shape index (κ1) is 4.50. The van der Waals surface area contributed by atoms with Gasteiger partial charge >= 0.3 is 0 Å². The summed E-state index contributed by atoms with van der Waals surface area (Å²) in [5, 5.41) is 0. The summed E-state index contributed by atoms with van der Waals surface area (Å²) < 4.78 is 3.82. The van der Waals surface area contributed by atoms with Crippen molar-refractivity contribution < 1.29 is 0 Å². The Bertz CT molecular complexity index is 80.9. The zero-order valence-electron chi connectivity index (χ0n) is 3.07. The number of hydrogen-bond donors (Lipinski definition) is 1. The van der Waals surface area contributed by atoms with Crippen LogP contribution in [0.25, 0.3) is 0 Å². The molecule has 1 aliphatic rings. The van der Waals surface area contributed by atoms with Crippen molar-refractivity contribution in [2.45, 2.75) is 0 Å². The molecule has 0 bridgehead atoms. The molecule has 6 heavy (non-hydrogen) atoms. The van der Waals surface area contributed by atoms with Crippen molar-refractivity contribution in [2.24, 2.45) is 0 Å².